The summed E-state index contributed by atoms with van der Waals surface area (Å²) in [6.45, 7) is 0. The maximum absolute atomic E-state index is 10.9. The molecule has 0 radical (unpaired) electrons. The van der Waals surface area contributed by atoms with E-state index in [1.54, 1.807) is 18.2 Å². The van der Waals surface area contributed by atoms with Crippen LogP contribution in [0, 0.1) is 0 Å². The van der Waals surface area contributed by atoms with Crippen LogP contribution in [0.5, 0.6) is 5.75 Å². The molecule has 0 amide bonds. The fraction of sp³-hybridized carbons (Fsp3) is 0. The van der Waals surface area contributed by atoms with E-state index in [0.29, 0.717) is 0 Å². The first-order chi connectivity index (χ1) is 8.02. The van der Waals surface area contributed by atoms with Crippen LogP contribution in [0.15, 0.2) is 24.3 Å². The number of aromatic carboxylic acids is 1. The third-order valence-corrected chi connectivity index (χ3v) is 2.27. The third-order valence-electron chi connectivity index (χ3n) is 2.27. The van der Waals surface area contributed by atoms with Crippen LogP contribution >= 0.6 is 0 Å². The van der Waals surface area contributed by atoms with Crippen molar-refractivity contribution in [3.8, 4) is 11.4 Å². The fourth-order valence-corrected chi connectivity index (χ4v) is 1.49. The molecule has 0 fully saturated rings. The van der Waals surface area contributed by atoms with Crippen molar-refractivity contribution in [3.05, 3.63) is 29.8 Å². The Bertz CT molecular complexity index is 591. The van der Waals surface area contributed by atoms with E-state index in [4.69, 9.17) is 16.6 Å². The molecule has 0 saturated carbocycles. The highest BCUT2D eigenvalue weighted by molar-refractivity contribution is 5.98. The van der Waals surface area contributed by atoms with Crippen molar-refractivity contribution in [2.45, 2.75) is 0 Å². The molecule has 2 aromatic rings. The van der Waals surface area contributed by atoms with E-state index in [9.17, 15) is 9.90 Å². The summed E-state index contributed by atoms with van der Waals surface area (Å²) in [5.41, 5.74) is 11.1. The first kappa shape index (κ1) is 10.8. The SMILES string of the molecule is Nc1nn(-c2ccccc2O)c(N)c1C(=O)O. The molecule has 0 unspecified atom stereocenters. The number of benzene rings is 1. The summed E-state index contributed by atoms with van der Waals surface area (Å²) in [5, 5.41) is 22.3. The van der Waals surface area contributed by atoms with Crippen molar-refractivity contribution in [2.24, 2.45) is 0 Å². The maximum atomic E-state index is 10.9. The highest BCUT2D eigenvalue weighted by atomic mass is 16.4. The van der Waals surface area contributed by atoms with Crippen molar-refractivity contribution < 1.29 is 15.0 Å². The normalized spacial score (nSPS) is 10.4. The Morgan fingerprint density at radius 3 is 2.47 bits per heavy atom. The summed E-state index contributed by atoms with van der Waals surface area (Å²) in [7, 11) is 0. The lowest BCUT2D eigenvalue weighted by molar-refractivity contribution is 0.0699. The highest BCUT2D eigenvalue weighted by Crippen LogP contribution is 2.27. The van der Waals surface area contributed by atoms with Gasteiger partial charge in [0, 0.05) is 0 Å². The summed E-state index contributed by atoms with van der Waals surface area (Å²) in [6.07, 6.45) is 0. The Labute approximate surface area is 95.9 Å². The molecule has 17 heavy (non-hydrogen) atoms. The number of phenolic OH excluding ortho intramolecular Hbond substituents is 1. The van der Waals surface area contributed by atoms with Gasteiger partial charge in [0.05, 0.1) is 0 Å². The topological polar surface area (TPSA) is 127 Å². The summed E-state index contributed by atoms with van der Waals surface area (Å²) in [6, 6.07) is 6.27. The summed E-state index contributed by atoms with van der Waals surface area (Å²) in [5.74, 6) is -1.66. The monoisotopic (exact) mass is 234 g/mol. The first-order valence-corrected chi connectivity index (χ1v) is 4.68. The zero-order chi connectivity index (χ0) is 12.6. The molecule has 0 bridgehead atoms. The second-order valence-electron chi connectivity index (χ2n) is 3.35. The standard InChI is InChI=1S/C10H10N4O3/c11-8-7(10(16)17)9(12)14(13-8)5-3-1-2-4-6(5)15/h1-4,15H,12H2,(H2,11,13)(H,16,17). The number of carboxylic acid groups (broad SMARTS) is 1. The van der Waals surface area contributed by atoms with Gasteiger partial charge in [0.2, 0.25) is 0 Å². The molecule has 0 aliphatic carbocycles. The van der Waals surface area contributed by atoms with E-state index in [0.717, 1.165) is 4.68 Å². The fourth-order valence-electron chi connectivity index (χ4n) is 1.49. The van der Waals surface area contributed by atoms with Gasteiger partial charge in [-0.25, -0.2) is 9.48 Å². The number of nitrogen functional groups attached to an aromatic ring is 2. The highest BCUT2D eigenvalue weighted by Gasteiger charge is 2.21. The molecule has 1 aromatic carbocycles. The van der Waals surface area contributed by atoms with Gasteiger partial charge in [-0.2, -0.15) is 0 Å². The Kier molecular flexibility index (Phi) is 2.36. The van der Waals surface area contributed by atoms with E-state index in [1.165, 1.54) is 6.07 Å². The van der Waals surface area contributed by atoms with Gasteiger partial charge in [-0.05, 0) is 12.1 Å². The van der Waals surface area contributed by atoms with Crippen LogP contribution in [0.4, 0.5) is 11.6 Å². The van der Waals surface area contributed by atoms with Crippen LogP contribution < -0.4 is 11.5 Å². The minimum absolute atomic E-state index is 0.0707. The molecule has 0 saturated heterocycles. The van der Waals surface area contributed by atoms with Crippen LogP contribution in [0.25, 0.3) is 5.69 Å². The van der Waals surface area contributed by atoms with E-state index in [1.807, 2.05) is 0 Å². The average molecular weight is 234 g/mol. The Morgan fingerprint density at radius 1 is 1.29 bits per heavy atom. The van der Waals surface area contributed by atoms with E-state index < -0.39 is 5.97 Å². The van der Waals surface area contributed by atoms with E-state index in [2.05, 4.69) is 5.10 Å². The summed E-state index contributed by atoms with van der Waals surface area (Å²) in [4.78, 5) is 10.9. The molecule has 1 heterocycles. The number of para-hydroxylation sites is 2. The number of nitrogens with zero attached hydrogens (tertiary/aromatic N) is 2. The number of aromatic nitrogens is 2. The minimum atomic E-state index is -1.26. The number of hydrogen-bond acceptors (Lipinski definition) is 5. The smallest absolute Gasteiger partial charge is 0.343 e. The molecule has 1 aromatic heterocycles. The van der Waals surface area contributed by atoms with Crippen LogP contribution in [-0.2, 0) is 0 Å². The lowest BCUT2D eigenvalue weighted by Gasteiger charge is -2.05. The molecule has 7 heteroatoms. The number of aromatic hydroxyl groups is 1. The van der Waals surface area contributed by atoms with Crippen molar-refractivity contribution in [1.82, 2.24) is 9.78 Å². The number of hydrogen-bond donors (Lipinski definition) is 4. The molecule has 6 N–H and O–H groups in total. The second-order valence-corrected chi connectivity index (χ2v) is 3.35. The van der Waals surface area contributed by atoms with Crippen LogP contribution in [-0.4, -0.2) is 26.0 Å². The quantitative estimate of drug-likeness (QED) is 0.597. The minimum Gasteiger partial charge on any atom is -0.506 e. The summed E-state index contributed by atoms with van der Waals surface area (Å²) < 4.78 is 1.09. The van der Waals surface area contributed by atoms with Crippen molar-refractivity contribution in [2.75, 3.05) is 11.5 Å². The predicted molar refractivity (Wildman–Crippen MR) is 61.0 cm³/mol. The van der Waals surface area contributed by atoms with E-state index >= 15 is 0 Å². The molecular weight excluding hydrogens is 224 g/mol. The number of phenols is 1. The molecule has 88 valence electrons. The molecule has 7 nitrogen and oxygen atoms in total. The van der Waals surface area contributed by atoms with Gasteiger partial charge in [0.15, 0.2) is 5.82 Å². The van der Waals surface area contributed by atoms with Gasteiger partial charge < -0.3 is 21.7 Å². The molecule has 0 aliphatic rings. The zero-order valence-corrected chi connectivity index (χ0v) is 8.66. The number of rotatable bonds is 2. The zero-order valence-electron chi connectivity index (χ0n) is 8.66. The third kappa shape index (κ3) is 1.63. The number of carbonyl (C=O) groups is 1. The van der Waals surface area contributed by atoms with Gasteiger partial charge in [0.25, 0.3) is 0 Å². The van der Waals surface area contributed by atoms with Gasteiger partial charge in [-0.3, -0.25) is 0 Å². The molecule has 0 spiro atoms. The molecule has 0 aliphatic heterocycles. The van der Waals surface area contributed by atoms with Gasteiger partial charge >= 0.3 is 5.97 Å². The second kappa shape index (κ2) is 3.71. The van der Waals surface area contributed by atoms with Crippen LogP contribution in [0.2, 0.25) is 0 Å². The van der Waals surface area contributed by atoms with E-state index in [-0.39, 0.29) is 28.6 Å². The maximum Gasteiger partial charge on any atom is 0.343 e. The largest absolute Gasteiger partial charge is 0.506 e. The van der Waals surface area contributed by atoms with Crippen LogP contribution in [0.3, 0.4) is 0 Å². The van der Waals surface area contributed by atoms with Crippen molar-refractivity contribution in [1.29, 1.82) is 0 Å². The lowest BCUT2D eigenvalue weighted by atomic mass is 10.3. The van der Waals surface area contributed by atoms with Gasteiger partial charge in [0.1, 0.15) is 22.8 Å². The van der Waals surface area contributed by atoms with Gasteiger partial charge in [-0.15, -0.1) is 5.10 Å². The Balaban J connectivity index is 2.66. The van der Waals surface area contributed by atoms with Crippen LogP contribution in [0.1, 0.15) is 10.4 Å². The predicted octanol–water partition coefficient (Wildman–Crippen LogP) is 0.441. The van der Waals surface area contributed by atoms with Crippen molar-refractivity contribution >= 4 is 17.6 Å². The lowest BCUT2D eigenvalue weighted by Crippen LogP contribution is -2.06. The Morgan fingerprint density at radius 2 is 1.94 bits per heavy atom. The number of carboxylic acids is 1. The molecule has 2 rings (SSSR count). The van der Waals surface area contributed by atoms with Gasteiger partial charge in [-0.1, -0.05) is 12.1 Å². The first-order valence-electron chi connectivity index (χ1n) is 4.68. The number of anilines is 2. The molecule has 0 atom stereocenters. The number of nitrogens with two attached hydrogens (primary N) is 2. The van der Waals surface area contributed by atoms with Crippen molar-refractivity contribution in [3.63, 3.8) is 0 Å². The Hall–Kier alpha value is -2.70. The average Bonchev–Trinajstić information content (AvgIpc) is 2.55. The molecular formula is C10H10N4O3. The summed E-state index contributed by atoms with van der Waals surface area (Å²) >= 11 is 0.